The molecule has 0 spiro atoms. The Hall–Kier alpha value is -1.88. The van der Waals surface area contributed by atoms with Crippen LogP contribution < -0.4 is 0 Å². The minimum atomic E-state index is -0.0533. The van der Waals surface area contributed by atoms with E-state index in [1.165, 1.54) is 0 Å². The summed E-state index contributed by atoms with van der Waals surface area (Å²) in [6.45, 7) is 0.767. The first-order valence-corrected chi connectivity index (χ1v) is 7.14. The van der Waals surface area contributed by atoms with E-state index in [0.717, 1.165) is 43.3 Å². The molecule has 1 amide bonds. The summed E-state index contributed by atoms with van der Waals surface area (Å²) in [5, 5.41) is 9.51. The number of carbonyl (C=O) groups is 1. The van der Waals surface area contributed by atoms with Gasteiger partial charge in [-0.3, -0.25) is 4.79 Å². The average molecular weight is 273 g/mol. The smallest absolute Gasteiger partial charge is 0.254 e. The predicted octanol–water partition coefficient (Wildman–Crippen LogP) is 1.94. The predicted molar refractivity (Wildman–Crippen MR) is 76.5 cm³/mol. The minimum Gasteiger partial charge on any atom is -0.394 e. The number of nitrogens with zero attached hydrogens (tertiary/aromatic N) is 2. The summed E-state index contributed by atoms with van der Waals surface area (Å²) in [5.41, 5.74) is 2.38. The van der Waals surface area contributed by atoms with E-state index in [-0.39, 0.29) is 18.6 Å². The summed E-state index contributed by atoms with van der Waals surface area (Å²) >= 11 is 0. The van der Waals surface area contributed by atoms with Gasteiger partial charge in [-0.25, -0.2) is 4.98 Å². The number of aromatic nitrogens is 2. The number of H-pyrrole nitrogens is 1. The molecule has 1 unspecified atom stereocenters. The Labute approximate surface area is 117 Å². The Kier molecular flexibility index (Phi) is 3.69. The summed E-state index contributed by atoms with van der Waals surface area (Å²) in [4.78, 5) is 21.7. The van der Waals surface area contributed by atoms with Gasteiger partial charge in [0.15, 0.2) is 0 Å². The lowest BCUT2D eigenvalue weighted by atomic mass is 10.1. The monoisotopic (exact) mass is 273 g/mol. The molecule has 2 N–H and O–H groups in total. The van der Waals surface area contributed by atoms with Crippen LogP contribution in [-0.4, -0.2) is 45.1 Å². The molecule has 1 aromatic heterocycles. The highest BCUT2D eigenvalue weighted by atomic mass is 16.3. The second kappa shape index (κ2) is 5.63. The fourth-order valence-electron chi connectivity index (χ4n) is 2.87. The van der Waals surface area contributed by atoms with Gasteiger partial charge in [-0.1, -0.05) is 12.8 Å². The van der Waals surface area contributed by atoms with Crippen molar-refractivity contribution in [3.05, 3.63) is 30.1 Å². The SMILES string of the molecule is O=C(c1ccc2nc[nH]c2c1)N1CCCCCC1CO. The first kappa shape index (κ1) is 13.1. The second-order valence-electron chi connectivity index (χ2n) is 5.32. The lowest BCUT2D eigenvalue weighted by Crippen LogP contribution is -2.42. The Morgan fingerprint density at radius 2 is 2.30 bits per heavy atom. The second-order valence-corrected chi connectivity index (χ2v) is 5.32. The summed E-state index contributed by atoms with van der Waals surface area (Å²) in [6, 6.07) is 5.45. The first-order chi connectivity index (χ1) is 9.79. The molecule has 0 saturated carbocycles. The maximum absolute atomic E-state index is 12.7. The van der Waals surface area contributed by atoms with Crippen molar-refractivity contribution in [3.8, 4) is 0 Å². The molecule has 1 aliphatic heterocycles. The Morgan fingerprint density at radius 1 is 1.40 bits per heavy atom. The van der Waals surface area contributed by atoms with Crippen LogP contribution in [0.1, 0.15) is 36.0 Å². The molecule has 0 bridgehead atoms. The normalized spacial score (nSPS) is 20.1. The van der Waals surface area contributed by atoms with Gasteiger partial charge in [-0.05, 0) is 31.0 Å². The number of aliphatic hydroxyl groups excluding tert-OH is 1. The molecule has 5 heteroatoms. The number of likely N-dealkylation sites (tertiary alicyclic amines) is 1. The zero-order valence-electron chi connectivity index (χ0n) is 11.4. The van der Waals surface area contributed by atoms with Crippen LogP contribution in [0.4, 0.5) is 0 Å². The number of benzene rings is 1. The van der Waals surface area contributed by atoms with E-state index in [9.17, 15) is 9.90 Å². The molecule has 3 rings (SSSR count). The average Bonchev–Trinajstić information content (AvgIpc) is 2.81. The van der Waals surface area contributed by atoms with Gasteiger partial charge in [0.25, 0.3) is 5.91 Å². The lowest BCUT2D eigenvalue weighted by Gasteiger charge is -2.28. The fourth-order valence-corrected chi connectivity index (χ4v) is 2.87. The molecule has 1 aromatic carbocycles. The van der Waals surface area contributed by atoms with Crippen molar-refractivity contribution in [2.24, 2.45) is 0 Å². The van der Waals surface area contributed by atoms with Gasteiger partial charge in [0.1, 0.15) is 0 Å². The Bertz CT molecular complexity index is 608. The quantitative estimate of drug-likeness (QED) is 0.878. The van der Waals surface area contributed by atoms with E-state index in [4.69, 9.17) is 0 Å². The van der Waals surface area contributed by atoms with Crippen molar-refractivity contribution < 1.29 is 9.90 Å². The Morgan fingerprint density at radius 3 is 3.15 bits per heavy atom. The lowest BCUT2D eigenvalue weighted by molar-refractivity contribution is 0.0600. The minimum absolute atomic E-state index is 0.00227. The van der Waals surface area contributed by atoms with Gasteiger partial charge in [-0.15, -0.1) is 0 Å². The molecule has 0 aliphatic carbocycles. The van der Waals surface area contributed by atoms with Crippen LogP contribution in [0.5, 0.6) is 0 Å². The molecular formula is C15H19N3O2. The largest absolute Gasteiger partial charge is 0.394 e. The van der Waals surface area contributed by atoms with Crippen molar-refractivity contribution in [3.63, 3.8) is 0 Å². The molecule has 1 aliphatic rings. The van der Waals surface area contributed by atoms with Gasteiger partial charge in [0.2, 0.25) is 0 Å². The third-order valence-electron chi connectivity index (χ3n) is 4.02. The van der Waals surface area contributed by atoms with Crippen LogP contribution >= 0.6 is 0 Å². The van der Waals surface area contributed by atoms with Gasteiger partial charge in [0.05, 0.1) is 30.0 Å². The van der Waals surface area contributed by atoms with Crippen LogP contribution in [0, 0.1) is 0 Å². The maximum atomic E-state index is 12.7. The molecule has 2 aromatic rings. The van der Waals surface area contributed by atoms with Gasteiger partial charge in [-0.2, -0.15) is 0 Å². The molecule has 2 heterocycles. The highest BCUT2D eigenvalue weighted by Gasteiger charge is 2.25. The fraction of sp³-hybridized carbons (Fsp3) is 0.467. The van der Waals surface area contributed by atoms with Crippen LogP contribution in [-0.2, 0) is 0 Å². The zero-order valence-corrected chi connectivity index (χ0v) is 11.4. The molecule has 5 nitrogen and oxygen atoms in total. The van der Waals surface area contributed by atoms with Gasteiger partial charge < -0.3 is 15.0 Å². The van der Waals surface area contributed by atoms with Crippen molar-refractivity contribution in [2.75, 3.05) is 13.2 Å². The number of hydrogen-bond donors (Lipinski definition) is 2. The van der Waals surface area contributed by atoms with Gasteiger partial charge >= 0.3 is 0 Å². The summed E-state index contributed by atoms with van der Waals surface area (Å²) in [5.74, 6) is 0.00227. The number of carbonyl (C=O) groups excluding carboxylic acids is 1. The number of amides is 1. The third-order valence-corrected chi connectivity index (χ3v) is 4.02. The number of rotatable bonds is 2. The van der Waals surface area contributed by atoms with E-state index >= 15 is 0 Å². The van der Waals surface area contributed by atoms with E-state index in [0.29, 0.717) is 5.56 Å². The van der Waals surface area contributed by atoms with E-state index in [1.807, 2.05) is 23.1 Å². The van der Waals surface area contributed by atoms with Gasteiger partial charge in [0, 0.05) is 12.1 Å². The van der Waals surface area contributed by atoms with Crippen LogP contribution in [0.3, 0.4) is 0 Å². The number of aliphatic hydroxyl groups is 1. The highest BCUT2D eigenvalue weighted by Crippen LogP contribution is 2.20. The summed E-state index contributed by atoms with van der Waals surface area (Å²) in [7, 11) is 0. The van der Waals surface area contributed by atoms with Crippen molar-refractivity contribution in [1.82, 2.24) is 14.9 Å². The number of aromatic amines is 1. The zero-order chi connectivity index (χ0) is 13.9. The van der Waals surface area contributed by atoms with Crippen LogP contribution in [0.25, 0.3) is 11.0 Å². The van der Waals surface area contributed by atoms with E-state index < -0.39 is 0 Å². The standard InChI is InChI=1S/C15H19N3O2/c19-9-12-4-2-1-3-7-18(12)15(20)11-5-6-13-14(8-11)17-10-16-13/h5-6,8,10,12,19H,1-4,7,9H2,(H,16,17). The van der Waals surface area contributed by atoms with E-state index in [2.05, 4.69) is 9.97 Å². The topological polar surface area (TPSA) is 69.2 Å². The number of fused-ring (bicyclic) bond motifs is 1. The Balaban J connectivity index is 1.88. The van der Waals surface area contributed by atoms with Crippen molar-refractivity contribution in [1.29, 1.82) is 0 Å². The molecule has 1 atom stereocenters. The number of hydrogen-bond acceptors (Lipinski definition) is 3. The maximum Gasteiger partial charge on any atom is 0.254 e. The molecule has 106 valence electrons. The molecule has 1 saturated heterocycles. The molecular weight excluding hydrogens is 254 g/mol. The summed E-state index contributed by atoms with van der Waals surface area (Å²) in [6.07, 6.45) is 5.72. The number of imidazole rings is 1. The van der Waals surface area contributed by atoms with Crippen LogP contribution in [0.2, 0.25) is 0 Å². The van der Waals surface area contributed by atoms with Crippen molar-refractivity contribution in [2.45, 2.75) is 31.7 Å². The molecule has 20 heavy (non-hydrogen) atoms. The number of nitrogens with one attached hydrogen (secondary N) is 1. The third kappa shape index (κ3) is 2.41. The molecule has 0 radical (unpaired) electrons. The van der Waals surface area contributed by atoms with E-state index in [1.54, 1.807) is 6.33 Å². The first-order valence-electron chi connectivity index (χ1n) is 7.14. The molecule has 1 fully saturated rings. The highest BCUT2D eigenvalue weighted by molar-refractivity contribution is 5.97. The summed E-state index contributed by atoms with van der Waals surface area (Å²) < 4.78 is 0. The van der Waals surface area contributed by atoms with Crippen molar-refractivity contribution >= 4 is 16.9 Å². The van der Waals surface area contributed by atoms with Crippen LogP contribution in [0.15, 0.2) is 24.5 Å².